The molecule has 2 aliphatic rings. The molecule has 2 aromatic rings. The van der Waals surface area contributed by atoms with E-state index in [0.717, 1.165) is 34.0 Å². The van der Waals surface area contributed by atoms with E-state index in [1.807, 2.05) is 30.3 Å². The molecule has 4 nitrogen and oxygen atoms in total. The first-order valence-corrected chi connectivity index (χ1v) is 6.86. The second kappa shape index (κ2) is 4.82. The molecule has 0 aliphatic carbocycles. The smallest absolute Gasteiger partial charge is 0.231 e. The summed E-state index contributed by atoms with van der Waals surface area (Å²) < 4.78 is 16.4. The summed E-state index contributed by atoms with van der Waals surface area (Å²) in [5, 5.41) is 3.45. The molecule has 2 aromatic carbocycles. The van der Waals surface area contributed by atoms with E-state index < -0.39 is 0 Å². The van der Waals surface area contributed by atoms with Crippen molar-refractivity contribution in [1.29, 1.82) is 0 Å². The zero-order valence-corrected chi connectivity index (χ0v) is 11.6. The average molecular weight is 281 g/mol. The van der Waals surface area contributed by atoms with Gasteiger partial charge in [-0.15, -0.1) is 0 Å². The van der Waals surface area contributed by atoms with Gasteiger partial charge in [0.15, 0.2) is 11.5 Å². The molecule has 0 saturated carbocycles. The summed E-state index contributed by atoms with van der Waals surface area (Å²) in [7, 11) is 1.72. The van der Waals surface area contributed by atoms with Crippen LogP contribution in [0, 0.1) is 0 Å². The van der Waals surface area contributed by atoms with Gasteiger partial charge in [0.05, 0.1) is 0 Å². The van der Waals surface area contributed by atoms with Crippen LogP contribution in [0.4, 0.5) is 5.69 Å². The lowest BCUT2D eigenvalue weighted by Crippen LogP contribution is -2.12. The van der Waals surface area contributed by atoms with Crippen LogP contribution in [0.5, 0.6) is 11.5 Å². The van der Waals surface area contributed by atoms with Crippen molar-refractivity contribution in [3.63, 3.8) is 0 Å². The van der Waals surface area contributed by atoms with Crippen molar-refractivity contribution in [3.8, 4) is 11.5 Å². The predicted molar refractivity (Wildman–Crippen MR) is 80.4 cm³/mol. The van der Waals surface area contributed by atoms with Gasteiger partial charge in [-0.1, -0.05) is 18.2 Å². The molecule has 4 heteroatoms. The molecule has 1 atom stereocenters. The first-order chi connectivity index (χ1) is 10.3. The fourth-order valence-corrected chi connectivity index (χ4v) is 2.71. The number of ether oxygens (including phenoxy) is 3. The second-order valence-corrected chi connectivity index (χ2v) is 5.02. The van der Waals surface area contributed by atoms with Gasteiger partial charge in [0, 0.05) is 29.6 Å². The van der Waals surface area contributed by atoms with Crippen LogP contribution in [-0.4, -0.2) is 13.9 Å². The zero-order chi connectivity index (χ0) is 14.2. The number of rotatable bonds is 2. The molecule has 106 valence electrons. The van der Waals surface area contributed by atoms with Crippen LogP contribution in [0.1, 0.15) is 17.2 Å². The summed E-state index contributed by atoms with van der Waals surface area (Å²) in [4.78, 5) is 0. The first-order valence-electron chi connectivity index (χ1n) is 6.86. The van der Waals surface area contributed by atoms with Crippen LogP contribution in [0.15, 0.2) is 48.5 Å². The summed E-state index contributed by atoms with van der Waals surface area (Å²) in [5.41, 5.74) is 4.28. The van der Waals surface area contributed by atoms with Crippen LogP contribution in [0.2, 0.25) is 0 Å². The van der Waals surface area contributed by atoms with Crippen LogP contribution < -0.4 is 14.8 Å². The number of para-hydroxylation sites is 1. The van der Waals surface area contributed by atoms with E-state index >= 15 is 0 Å². The lowest BCUT2D eigenvalue weighted by molar-refractivity contribution is 0.143. The molecule has 0 saturated heterocycles. The molecular formula is C17H15NO3. The highest BCUT2D eigenvalue weighted by Crippen LogP contribution is 2.39. The molecular weight excluding hydrogens is 266 g/mol. The minimum absolute atomic E-state index is 0.0529. The van der Waals surface area contributed by atoms with E-state index in [4.69, 9.17) is 14.2 Å². The van der Waals surface area contributed by atoms with Gasteiger partial charge in [-0.25, -0.2) is 0 Å². The lowest BCUT2D eigenvalue weighted by Gasteiger charge is -2.25. The van der Waals surface area contributed by atoms with E-state index in [0.29, 0.717) is 0 Å². The topological polar surface area (TPSA) is 39.7 Å². The molecule has 0 fully saturated rings. The Labute approximate surface area is 123 Å². The molecule has 4 rings (SSSR count). The maximum Gasteiger partial charge on any atom is 0.231 e. The van der Waals surface area contributed by atoms with Gasteiger partial charge in [-0.3, -0.25) is 0 Å². The third-order valence-electron chi connectivity index (χ3n) is 3.79. The Morgan fingerprint density at radius 3 is 2.86 bits per heavy atom. The molecule has 1 unspecified atom stereocenters. The molecule has 0 bridgehead atoms. The highest BCUT2D eigenvalue weighted by Gasteiger charge is 2.21. The third kappa shape index (κ3) is 2.04. The normalized spacial score (nSPS) is 18.7. The molecule has 0 spiro atoms. The van der Waals surface area contributed by atoms with Gasteiger partial charge < -0.3 is 19.5 Å². The Bertz CT molecular complexity index is 724. The lowest BCUT2D eigenvalue weighted by atomic mass is 9.99. The highest BCUT2D eigenvalue weighted by atomic mass is 16.7. The largest absolute Gasteiger partial charge is 0.454 e. The number of anilines is 1. The second-order valence-electron chi connectivity index (χ2n) is 5.02. The highest BCUT2D eigenvalue weighted by molar-refractivity contribution is 5.82. The number of methoxy groups -OCH3 is 1. The van der Waals surface area contributed by atoms with Crippen LogP contribution in [0.3, 0.4) is 0 Å². The molecule has 0 radical (unpaired) electrons. The number of fused-ring (bicyclic) bond motifs is 2. The van der Waals surface area contributed by atoms with Crippen LogP contribution in [-0.2, 0) is 4.74 Å². The van der Waals surface area contributed by atoms with Gasteiger partial charge in [0.2, 0.25) is 6.79 Å². The summed E-state index contributed by atoms with van der Waals surface area (Å²) in [6, 6.07) is 14.1. The van der Waals surface area contributed by atoms with E-state index in [1.54, 1.807) is 7.11 Å². The number of nitrogens with one attached hydrogen (secondary N) is 1. The summed E-state index contributed by atoms with van der Waals surface area (Å²) in [6.07, 6.45) is 2.03. The quantitative estimate of drug-likeness (QED) is 0.913. The summed E-state index contributed by atoms with van der Waals surface area (Å²) >= 11 is 0. The van der Waals surface area contributed by atoms with E-state index in [1.165, 1.54) is 0 Å². The predicted octanol–water partition coefficient (Wildman–Crippen LogP) is 3.57. The van der Waals surface area contributed by atoms with Gasteiger partial charge in [0.25, 0.3) is 0 Å². The minimum Gasteiger partial charge on any atom is -0.454 e. The first kappa shape index (κ1) is 12.3. The van der Waals surface area contributed by atoms with Crippen LogP contribution in [0.25, 0.3) is 5.70 Å². The molecule has 2 heterocycles. The SMILES string of the molecule is COC1C=C(c2ccc3c(c2)OCO3)Nc2ccccc21. The number of hydrogen-bond acceptors (Lipinski definition) is 4. The fourth-order valence-electron chi connectivity index (χ4n) is 2.71. The third-order valence-corrected chi connectivity index (χ3v) is 3.79. The Morgan fingerprint density at radius 1 is 1.10 bits per heavy atom. The standard InChI is InChI=1S/C17H15NO3/c1-19-16-9-14(18-13-5-3-2-4-12(13)16)11-6-7-15-17(8-11)21-10-20-15/h2-9,16,18H,10H2,1H3. The van der Waals surface area contributed by atoms with Crippen molar-refractivity contribution in [2.45, 2.75) is 6.10 Å². The summed E-state index contributed by atoms with van der Waals surface area (Å²) in [5.74, 6) is 1.57. The maximum atomic E-state index is 5.59. The average Bonchev–Trinajstić information content (AvgIpc) is 3.01. The van der Waals surface area contributed by atoms with Crippen molar-refractivity contribution >= 4 is 11.4 Å². The van der Waals surface area contributed by atoms with E-state index in [2.05, 4.69) is 23.5 Å². The number of hydrogen-bond donors (Lipinski definition) is 1. The fraction of sp³-hybridized carbons (Fsp3) is 0.176. The van der Waals surface area contributed by atoms with Crippen molar-refractivity contribution in [2.75, 3.05) is 19.2 Å². The van der Waals surface area contributed by atoms with Gasteiger partial charge in [0.1, 0.15) is 6.10 Å². The van der Waals surface area contributed by atoms with Crippen molar-refractivity contribution < 1.29 is 14.2 Å². The Hall–Kier alpha value is -2.46. The minimum atomic E-state index is -0.0529. The van der Waals surface area contributed by atoms with Crippen molar-refractivity contribution in [3.05, 3.63) is 59.7 Å². The van der Waals surface area contributed by atoms with Crippen molar-refractivity contribution in [1.82, 2.24) is 0 Å². The molecule has 0 amide bonds. The Balaban J connectivity index is 1.74. The van der Waals surface area contributed by atoms with Crippen molar-refractivity contribution in [2.24, 2.45) is 0 Å². The van der Waals surface area contributed by atoms with E-state index in [9.17, 15) is 0 Å². The van der Waals surface area contributed by atoms with Crippen LogP contribution >= 0.6 is 0 Å². The van der Waals surface area contributed by atoms with Gasteiger partial charge >= 0.3 is 0 Å². The Kier molecular flexibility index (Phi) is 2.82. The van der Waals surface area contributed by atoms with Gasteiger partial charge in [-0.05, 0) is 30.3 Å². The monoisotopic (exact) mass is 281 g/mol. The Morgan fingerprint density at radius 2 is 1.95 bits per heavy atom. The molecule has 0 aromatic heterocycles. The van der Waals surface area contributed by atoms with E-state index in [-0.39, 0.29) is 12.9 Å². The maximum absolute atomic E-state index is 5.59. The zero-order valence-electron chi connectivity index (χ0n) is 11.6. The van der Waals surface area contributed by atoms with Gasteiger partial charge in [-0.2, -0.15) is 0 Å². The summed E-state index contributed by atoms with van der Waals surface area (Å²) in [6.45, 7) is 0.287. The molecule has 1 N–H and O–H groups in total. The molecule has 21 heavy (non-hydrogen) atoms. The number of benzene rings is 2. The molecule has 2 aliphatic heterocycles.